The Hall–Kier alpha value is -1.33. The van der Waals surface area contributed by atoms with Gasteiger partial charge in [0.2, 0.25) is 0 Å². The summed E-state index contributed by atoms with van der Waals surface area (Å²) in [6, 6.07) is 9.03. The standard InChI is InChI=1S/C10H11NO/c1-2-10(12)9-5-3-8(7-11)4-6-9/h3-6,10,12H,2H2,1H3/t10-/m1/s1. The minimum absolute atomic E-state index is 0.405. The molecule has 0 aliphatic heterocycles. The first-order valence-corrected chi connectivity index (χ1v) is 3.96. The average Bonchev–Trinajstić information content (AvgIpc) is 2.17. The molecule has 1 aromatic carbocycles. The van der Waals surface area contributed by atoms with E-state index in [9.17, 15) is 5.11 Å². The van der Waals surface area contributed by atoms with Gasteiger partial charge in [-0.05, 0) is 24.1 Å². The van der Waals surface area contributed by atoms with Crippen LogP contribution in [0.1, 0.15) is 30.6 Å². The Balaban J connectivity index is 2.86. The fourth-order valence-corrected chi connectivity index (χ4v) is 1.02. The second-order valence-electron chi connectivity index (χ2n) is 2.66. The minimum atomic E-state index is -0.405. The van der Waals surface area contributed by atoms with Crippen LogP contribution >= 0.6 is 0 Å². The number of nitriles is 1. The van der Waals surface area contributed by atoms with Gasteiger partial charge in [-0.2, -0.15) is 5.26 Å². The van der Waals surface area contributed by atoms with Gasteiger partial charge in [0.1, 0.15) is 0 Å². The second kappa shape index (κ2) is 3.89. The van der Waals surface area contributed by atoms with Crippen LogP contribution in [-0.2, 0) is 0 Å². The van der Waals surface area contributed by atoms with E-state index in [1.54, 1.807) is 24.3 Å². The molecule has 0 amide bonds. The molecule has 0 heterocycles. The van der Waals surface area contributed by atoms with Crippen molar-refractivity contribution >= 4 is 0 Å². The van der Waals surface area contributed by atoms with Crippen molar-refractivity contribution in [2.75, 3.05) is 0 Å². The third-order valence-corrected chi connectivity index (χ3v) is 1.81. The molecule has 2 nitrogen and oxygen atoms in total. The van der Waals surface area contributed by atoms with Gasteiger partial charge in [0.25, 0.3) is 0 Å². The Morgan fingerprint density at radius 3 is 2.42 bits per heavy atom. The van der Waals surface area contributed by atoms with Gasteiger partial charge < -0.3 is 5.11 Å². The highest BCUT2D eigenvalue weighted by Crippen LogP contribution is 2.15. The molecule has 0 spiro atoms. The lowest BCUT2D eigenvalue weighted by Crippen LogP contribution is -1.94. The van der Waals surface area contributed by atoms with Gasteiger partial charge >= 0.3 is 0 Å². The lowest BCUT2D eigenvalue weighted by molar-refractivity contribution is 0.173. The Morgan fingerprint density at radius 1 is 1.42 bits per heavy atom. The Kier molecular flexibility index (Phi) is 2.84. The molecular weight excluding hydrogens is 150 g/mol. The first-order chi connectivity index (χ1) is 5.77. The largest absolute Gasteiger partial charge is 0.388 e. The van der Waals surface area contributed by atoms with E-state index >= 15 is 0 Å². The molecule has 0 bridgehead atoms. The Bertz CT molecular complexity index is 284. The summed E-state index contributed by atoms with van der Waals surface area (Å²) in [5.41, 5.74) is 1.50. The van der Waals surface area contributed by atoms with Crippen molar-refractivity contribution < 1.29 is 5.11 Å². The number of hydrogen-bond donors (Lipinski definition) is 1. The molecule has 0 unspecified atom stereocenters. The molecule has 0 fully saturated rings. The van der Waals surface area contributed by atoms with Gasteiger partial charge in [-0.25, -0.2) is 0 Å². The fourth-order valence-electron chi connectivity index (χ4n) is 1.02. The number of hydrogen-bond acceptors (Lipinski definition) is 2. The molecule has 0 aromatic heterocycles. The summed E-state index contributed by atoms with van der Waals surface area (Å²) >= 11 is 0. The summed E-state index contributed by atoms with van der Waals surface area (Å²) < 4.78 is 0. The molecule has 0 radical (unpaired) electrons. The third kappa shape index (κ3) is 1.84. The molecule has 0 saturated heterocycles. The maximum atomic E-state index is 9.41. The van der Waals surface area contributed by atoms with Crippen molar-refractivity contribution in [2.24, 2.45) is 0 Å². The Labute approximate surface area is 72.1 Å². The quantitative estimate of drug-likeness (QED) is 0.721. The lowest BCUT2D eigenvalue weighted by Gasteiger charge is -2.06. The van der Waals surface area contributed by atoms with Gasteiger partial charge in [0, 0.05) is 0 Å². The van der Waals surface area contributed by atoms with Crippen molar-refractivity contribution in [3.8, 4) is 6.07 Å². The van der Waals surface area contributed by atoms with Gasteiger partial charge in [0.05, 0.1) is 17.7 Å². The predicted molar refractivity (Wildman–Crippen MR) is 46.4 cm³/mol. The minimum Gasteiger partial charge on any atom is -0.388 e. The van der Waals surface area contributed by atoms with Gasteiger partial charge in [-0.1, -0.05) is 19.1 Å². The summed E-state index contributed by atoms with van der Waals surface area (Å²) in [7, 11) is 0. The van der Waals surface area contributed by atoms with Crippen molar-refractivity contribution in [2.45, 2.75) is 19.4 Å². The average molecular weight is 161 g/mol. The van der Waals surface area contributed by atoms with E-state index < -0.39 is 6.10 Å². The molecule has 1 rings (SSSR count). The molecule has 1 aromatic rings. The van der Waals surface area contributed by atoms with E-state index in [0.717, 1.165) is 5.56 Å². The third-order valence-electron chi connectivity index (χ3n) is 1.81. The lowest BCUT2D eigenvalue weighted by atomic mass is 10.1. The fraction of sp³-hybridized carbons (Fsp3) is 0.300. The number of aliphatic hydroxyl groups is 1. The van der Waals surface area contributed by atoms with Gasteiger partial charge in [-0.15, -0.1) is 0 Å². The zero-order valence-corrected chi connectivity index (χ0v) is 6.99. The molecular formula is C10H11NO. The van der Waals surface area contributed by atoms with Crippen LogP contribution in [0.3, 0.4) is 0 Å². The summed E-state index contributed by atoms with van der Waals surface area (Å²) in [5.74, 6) is 0. The van der Waals surface area contributed by atoms with Crippen LogP contribution in [-0.4, -0.2) is 5.11 Å². The van der Waals surface area contributed by atoms with Crippen LogP contribution in [0.25, 0.3) is 0 Å². The van der Waals surface area contributed by atoms with E-state index in [0.29, 0.717) is 12.0 Å². The number of aliphatic hydroxyl groups excluding tert-OH is 1. The maximum Gasteiger partial charge on any atom is 0.0991 e. The van der Waals surface area contributed by atoms with Gasteiger partial charge in [0.15, 0.2) is 0 Å². The predicted octanol–water partition coefficient (Wildman–Crippen LogP) is 2.00. The van der Waals surface area contributed by atoms with Crippen molar-refractivity contribution in [1.29, 1.82) is 5.26 Å². The van der Waals surface area contributed by atoms with Crippen LogP contribution < -0.4 is 0 Å². The molecule has 1 N–H and O–H groups in total. The summed E-state index contributed by atoms with van der Waals surface area (Å²) in [6.45, 7) is 1.92. The van der Waals surface area contributed by atoms with Crippen LogP contribution in [0.4, 0.5) is 0 Å². The highest BCUT2D eigenvalue weighted by Gasteiger charge is 2.02. The van der Waals surface area contributed by atoms with Crippen LogP contribution in [0, 0.1) is 11.3 Å². The summed E-state index contributed by atoms with van der Waals surface area (Å²) in [4.78, 5) is 0. The molecule has 0 aliphatic carbocycles. The van der Waals surface area contributed by atoms with Crippen molar-refractivity contribution in [1.82, 2.24) is 0 Å². The van der Waals surface area contributed by atoms with Crippen LogP contribution in [0.5, 0.6) is 0 Å². The number of rotatable bonds is 2. The topological polar surface area (TPSA) is 44.0 Å². The molecule has 12 heavy (non-hydrogen) atoms. The number of nitrogens with zero attached hydrogens (tertiary/aromatic N) is 1. The molecule has 62 valence electrons. The van der Waals surface area contributed by atoms with E-state index in [2.05, 4.69) is 0 Å². The smallest absolute Gasteiger partial charge is 0.0991 e. The van der Waals surface area contributed by atoms with Crippen molar-refractivity contribution in [3.05, 3.63) is 35.4 Å². The summed E-state index contributed by atoms with van der Waals surface area (Å²) in [6.07, 6.45) is 0.295. The zero-order valence-electron chi connectivity index (χ0n) is 6.99. The molecule has 2 heteroatoms. The van der Waals surface area contributed by atoms with Crippen LogP contribution in [0.15, 0.2) is 24.3 Å². The normalized spacial score (nSPS) is 12.1. The number of benzene rings is 1. The van der Waals surface area contributed by atoms with E-state index in [4.69, 9.17) is 5.26 Å². The maximum absolute atomic E-state index is 9.41. The van der Waals surface area contributed by atoms with E-state index in [1.165, 1.54) is 0 Å². The molecule has 0 aliphatic rings. The molecule has 0 saturated carbocycles. The highest BCUT2D eigenvalue weighted by molar-refractivity contribution is 5.32. The molecule has 1 atom stereocenters. The first kappa shape index (κ1) is 8.76. The van der Waals surface area contributed by atoms with Crippen LogP contribution in [0.2, 0.25) is 0 Å². The SMILES string of the molecule is CC[C@@H](O)c1ccc(C#N)cc1. The summed E-state index contributed by atoms with van der Waals surface area (Å²) in [5, 5.41) is 17.9. The van der Waals surface area contributed by atoms with Gasteiger partial charge in [-0.3, -0.25) is 0 Å². The second-order valence-corrected chi connectivity index (χ2v) is 2.66. The Morgan fingerprint density at radius 2 is 2.00 bits per heavy atom. The highest BCUT2D eigenvalue weighted by atomic mass is 16.3. The van der Waals surface area contributed by atoms with E-state index in [1.807, 2.05) is 13.0 Å². The van der Waals surface area contributed by atoms with E-state index in [-0.39, 0.29) is 0 Å². The first-order valence-electron chi connectivity index (χ1n) is 3.96. The monoisotopic (exact) mass is 161 g/mol. The van der Waals surface area contributed by atoms with Crippen molar-refractivity contribution in [3.63, 3.8) is 0 Å². The zero-order chi connectivity index (χ0) is 8.97.